The Labute approximate surface area is 653 Å². The summed E-state index contributed by atoms with van der Waals surface area (Å²) >= 11 is 0. The number of nitrogens with zero attached hydrogens (tertiary/aromatic N) is 4. The third kappa shape index (κ3) is 11.0. The lowest BCUT2D eigenvalue weighted by molar-refractivity contribution is 0.0877. The highest BCUT2D eigenvalue weighted by Gasteiger charge is 2.39. The topological polar surface area (TPSA) is 150 Å². The maximum absolute atomic E-state index is 13.7. The Kier molecular flexibility index (Phi) is 16.1. The molecule has 0 atom stereocenters. The third-order valence-corrected chi connectivity index (χ3v) is 22.4. The molecule has 17 aromatic carbocycles. The van der Waals surface area contributed by atoms with Crippen LogP contribution in [0.1, 0.15) is 82.9 Å². The largest absolute Gasteiger partial charge is 0.268 e. The summed E-state index contributed by atoms with van der Waals surface area (Å²) in [5, 5.41) is 6.18. The second kappa shape index (κ2) is 27.2. The van der Waals surface area contributed by atoms with Gasteiger partial charge in [0.2, 0.25) is 0 Å². The molecule has 114 heavy (non-hydrogen) atoms. The first-order valence-corrected chi connectivity index (χ1v) is 37.4. The molecule has 12 heteroatoms. The molecule has 0 N–H and O–H groups in total. The maximum atomic E-state index is 13.7. The predicted octanol–water partition coefficient (Wildman–Crippen LogP) is 22.9. The average molecular weight is 1470 g/mol. The molecule has 17 aromatic rings. The molecule has 0 unspecified atom stereocenters. The summed E-state index contributed by atoms with van der Waals surface area (Å²) in [4.78, 5) is 114. The van der Waals surface area contributed by atoms with Crippen molar-refractivity contribution in [3.05, 3.63) is 408 Å². The monoisotopic (exact) mass is 1470 g/mol. The van der Waals surface area contributed by atoms with Gasteiger partial charge in [0.05, 0.1) is 22.7 Å². The fraction of sp³-hybridized carbons (Fsp3) is 0. The molecule has 0 radical (unpaired) electrons. The van der Waals surface area contributed by atoms with Crippen molar-refractivity contribution in [2.75, 3.05) is 19.6 Å². The number of carbonyl (C=O) groups excluding carboxylic acids is 8. The quantitative estimate of drug-likeness (QED) is 0.116. The lowest BCUT2D eigenvalue weighted by Crippen LogP contribution is -2.40. The van der Waals surface area contributed by atoms with Crippen LogP contribution < -0.4 is 19.6 Å². The van der Waals surface area contributed by atoms with Gasteiger partial charge in [-0.05, 0) is 196 Å². The first-order chi connectivity index (χ1) is 55.9. The van der Waals surface area contributed by atoms with E-state index in [4.69, 9.17) is 0 Å². The van der Waals surface area contributed by atoms with E-state index in [1.54, 1.807) is 72.8 Å². The van der Waals surface area contributed by atoms with Crippen LogP contribution in [0.3, 0.4) is 0 Å². The van der Waals surface area contributed by atoms with Crippen LogP contribution in [0, 0.1) is 0 Å². The van der Waals surface area contributed by atoms with E-state index in [0.717, 1.165) is 99.4 Å². The zero-order valence-electron chi connectivity index (χ0n) is 60.7. The van der Waals surface area contributed by atoms with Crippen LogP contribution in [0.5, 0.6) is 0 Å². The SMILES string of the molecule is O=C1c2cccc3c(-c4ccc(-c5ccc(-c6ccc(-c7ccc8c9c(cccc79)C(=O)N(c7ccccc7)C8=O)cc6)cc5)cc4)ccc(c23)C(=O)N1c1ccccc1.O=C1c2cccc3c(-c4ccc(-c5ccc(-c6ccc7c8c(cccc68)C(=O)N(c6ccccc6)C7=O)cc5)cc4)ccc(c23)C(=O)N1c1ccccc1. The number of benzene rings is 17. The second-order valence-corrected chi connectivity index (χ2v) is 28.6. The van der Waals surface area contributed by atoms with Crippen molar-refractivity contribution in [3.63, 3.8) is 0 Å². The lowest BCUT2D eigenvalue weighted by Gasteiger charge is -2.28. The van der Waals surface area contributed by atoms with Gasteiger partial charge in [-0.15, -0.1) is 0 Å². The lowest BCUT2D eigenvalue weighted by atomic mass is 9.88. The standard InChI is InChI=1S/C54H32N2O4.C48H28N2O4/c57-51-45-15-7-13-43-41(29-31-47(49(43)45)53(59)55(51)39-9-3-1-4-10-39)37-25-21-35(22-26-37)33-17-19-34(20-18-33)36-23-27-38(28-24-36)42-30-32-48-50-44(42)14-8-16-46(50)52(58)56(54(48)60)40-11-5-2-6-12-40;51-45-39-15-7-13-37-35(25-27-41(43(37)39)47(53)49(45)33-9-3-1-4-10-33)31-21-17-29(18-22-31)30-19-23-32(24-20-30)36-26-28-42-44-38(36)14-8-16-40(44)46(52)50(48(42)54)34-11-5-2-6-12-34/h1-32H;1-28H. The molecule has 536 valence electrons. The molecule has 0 fully saturated rings. The van der Waals surface area contributed by atoms with E-state index >= 15 is 0 Å². The molecule has 0 saturated heterocycles. The van der Waals surface area contributed by atoms with Gasteiger partial charge in [0.25, 0.3) is 47.3 Å². The van der Waals surface area contributed by atoms with E-state index in [2.05, 4.69) is 121 Å². The van der Waals surface area contributed by atoms with Crippen molar-refractivity contribution in [1.82, 2.24) is 0 Å². The van der Waals surface area contributed by atoms with Crippen molar-refractivity contribution in [2.45, 2.75) is 0 Å². The zero-order valence-corrected chi connectivity index (χ0v) is 60.7. The van der Waals surface area contributed by atoms with Crippen molar-refractivity contribution >= 4 is 113 Å². The number of rotatable bonds is 11. The van der Waals surface area contributed by atoms with Gasteiger partial charge < -0.3 is 0 Å². The summed E-state index contributed by atoms with van der Waals surface area (Å²) in [5.74, 6) is -2.60. The highest BCUT2D eigenvalue weighted by molar-refractivity contribution is 6.40. The highest BCUT2D eigenvalue weighted by atomic mass is 16.2. The zero-order chi connectivity index (χ0) is 77.0. The van der Waals surface area contributed by atoms with E-state index in [1.807, 2.05) is 170 Å². The van der Waals surface area contributed by atoms with Gasteiger partial charge in [-0.2, -0.15) is 0 Å². The maximum Gasteiger partial charge on any atom is 0.265 e. The molecule has 4 aliphatic heterocycles. The summed E-state index contributed by atoms with van der Waals surface area (Å²) < 4.78 is 0. The van der Waals surface area contributed by atoms with E-state index in [1.165, 1.54) is 19.6 Å². The van der Waals surface area contributed by atoms with Crippen LogP contribution in [-0.4, -0.2) is 47.3 Å². The number of para-hydroxylation sites is 4. The first kappa shape index (κ1) is 67.7. The molecule has 8 amide bonds. The number of hydrogen-bond acceptors (Lipinski definition) is 8. The fourth-order valence-corrected chi connectivity index (χ4v) is 16.9. The van der Waals surface area contributed by atoms with Gasteiger partial charge in [-0.25, -0.2) is 19.6 Å². The fourth-order valence-electron chi connectivity index (χ4n) is 16.9. The molecule has 0 aromatic heterocycles. The number of imide groups is 4. The minimum Gasteiger partial charge on any atom is -0.268 e. The highest BCUT2D eigenvalue weighted by Crippen LogP contribution is 2.45. The Bertz CT molecular complexity index is 6460. The Morgan fingerprint density at radius 1 is 0.123 bits per heavy atom. The van der Waals surface area contributed by atoms with Crippen LogP contribution in [0.4, 0.5) is 22.7 Å². The van der Waals surface area contributed by atoms with Gasteiger partial charge in [-0.1, -0.05) is 267 Å². The number of amides is 8. The molecule has 0 bridgehead atoms. The number of anilines is 4. The molecule has 0 spiro atoms. The first-order valence-electron chi connectivity index (χ1n) is 37.4. The molecule has 0 aliphatic carbocycles. The molecular weight excluding hydrogens is 1410 g/mol. The minimum absolute atomic E-state index is 0.322. The van der Waals surface area contributed by atoms with Crippen molar-refractivity contribution in [1.29, 1.82) is 0 Å². The van der Waals surface area contributed by atoms with Gasteiger partial charge >= 0.3 is 0 Å². The van der Waals surface area contributed by atoms with Crippen molar-refractivity contribution in [3.8, 4) is 77.9 Å². The second-order valence-electron chi connectivity index (χ2n) is 28.6. The van der Waals surface area contributed by atoms with E-state index in [-0.39, 0.29) is 47.3 Å². The van der Waals surface area contributed by atoms with Gasteiger partial charge in [0.1, 0.15) is 0 Å². The molecule has 0 saturated carbocycles. The Balaban J connectivity index is 0.000000149. The summed E-state index contributed by atoms with van der Waals surface area (Å²) in [6.07, 6.45) is 0. The Morgan fingerprint density at radius 3 is 0.447 bits per heavy atom. The number of carbonyl (C=O) groups is 8. The summed E-state index contributed by atoms with van der Waals surface area (Å²) in [7, 11) is 0. The molecular formula is C102H60N4O8. The number of hydrogen-bond donors (Lipinski definition) is 0. The third-order valence-electron chi connectivity index (χ3n) is 22.4. The van der Waals surface area contributed by atoms with Gasteiger partial charge in [0.15, 0.2) is 0 Å². The van der Waals surface area contributed by atoms with Crippen LogP contribution >= 0.6 is 0 Å². The predicted molar refractivity (Wildman–Crippen MR) is 451 cm³/mol. The summed E-state index contributed by atoms with van der Waals surface area (Å²) in [5.41, 5.74) is 20.4. The van der Waals surface area contributed by atoms with Crippen LogP contribution in [0.25, 0.3) is 121 Å². The van der Waals surface area contributed by atoms with Crippen molar-refractivity contribution in [2.24, 2.45) is 0 Å². The minimum atomic E-state index is -0.329. The molecule has 4 aliphatic rings. The molecule has 12 nitrogen and oxygen atoms in total. The normalized spacial score (nSPS) is 13.5. The molecule has 21 rings (SSSR count). The van der Waals surface area contributed by atoms with Gasteiger partial charge in [0, 0.05) is 66.1 Å². The summed E-state index contributed by atoms with van der Waals surface area (Å²) in [6, 6.07) is 116. The van der Waals surface area contributed by atoms with E-state index < -0.39 is 0 Å². The van der Waals surface area contributed by atoms with Crippen LogP contribution in [0.2, 0.25) is 0 Å². The van der Waals surface area contributed by atoms with Crippen LogP contribution in [0.15, 0.2) is 364 Å². The van der Waals surface area contributed by atoms with Crippen LogP contribution in [-0.2, 0) is 0 Å². The molecule has 4 heterocycles. The van der Waals surface area contributed by atoms with E-state index in [0.29, 0.717) is 88.8 Å². The van der Waals surface area contributed by atoms with Crippen molar-refractivity contribution < 1.29 is 38.4 Å². The van der Waals surface area contributed by atoms with Gasteiger partial charge in [-0.3, -0.25) is 38.4 Å². The average Bonchev–Trinajstić information content (AvgIpc) is 0.747. The smallest absolute Gasteiger partial charge is 0.265 e. The summed E-state index contributed by atoms with van der Waals surface area (Å²) in [6.45, 7) is 0. The van der Waals surface area contributed by atoms with E-state index in [9.17, 15) is 38.4 Å². The Hall–Kier alpha value is -15.7. The Morgan fingerprint density at radius 2 is 0.272 bits per heavy atom.